The molecule has 0 amide bonds. The van der Waals surface area contributed by atoms with Crippen LogP contribution in [0.4, 0.5) is 0 Å². The molecule has 1 atom stereocenters. The number of carbonyl (C=O) groups excluding carboxylic acids is 1. The molecule has 0 fully saturated rings. The highest BCUT2D eigenvalue weighted by atomic mass is 16.5. The van der Waals surface area contributed by atoms with Crippen LogP contribution in [0.5, 0.6) is 5.75 Å². The highest BCUT2D eigenvalue weighted by Crippen LogP contribution is 2.25. The number of esters is 1. The summed E-state index contributed by atoms with van der Waals surface area (Å²) in [7, 11) is 0. The molecule has 4 nitrogen and oxygen atoms in total. The zero-order valence-corrected chi connectivity index (χ0v) is 18.0. The molecule has 3 aromatic rings. The van der Waals surface area contributed by atoms with Gasteiger partial charge in [0.05, 0.1) is 23.8 Å². The van der Waals surface area contributed by atoms with Crippen molar-refractivity contribution < 1.29 is 14.3 Å². The Kier molecular flexibility index (Phi) is 7.84. The molecule has 0 N–H and O–H groups in total. The maximum atomic E-state index is 12.5. The molecule has 3 rings (SSSR count). The van der Waals surface area contributed by atoms with Crippen LogP contribution in [-0.4, -0.2) is 12.6 Å². The van der Waals surface area contributed by atoms with Crippen LogP contribution in [0.15, 0.2) is 72.8 Å². The summed E-state index contributed by atoms with van der Waals surface area (Å²) in [6.07, 6.45) is 2.91. The fourth-order valence-electron chi connectivity index (χ4n) is 3.33. The highest BCUT2D eigenvalue weighted by Gasteiger charge is 2.16. The molecule has 0 aliphatic carbocycles. The minimum absolute atomic E-state index is 0.414. The molecule has 0 bridgehead atoms. The van der Waals surface area contributed by atoms with Gasteiger partial charge in [0.1, 0.15) is 11.9 Å². The first kappa shape index (κ1) is 22.1. The van der Waals surface area contributed by atoms with Gasteiger partial charge in [-0.3, -0.25) is 0 Å². The molecule has 0 saturated heterocycles. The van der Waals surface area contributed by atoms with Crippen LogP contribution in [0.3, 0.4) is 0 Å². The lowest BCUT2D eigenvalue weighted by atomic mass is 10.0. The van der Waals surface area contributed by atoms with E-state index in [1.807, 2.05) is 42.5 Å². The van der Waals surface area contributed by atoms with E-state index in [-0.39, 0.29) is 0 Å². The van der Waals surface area contributed by atoms with E-state index in [2.05, 4.69) is 13.0 Å². The molecule has 4 heteroatoms. The summed E-state index contributed by atoms with van der Waals surface area (Å²) in [5, 5.41) is 9.24. The highest BCUT2D eigenvalue weighted by molar-refractivity contribution is 5.90. The minimum atomic E-state index is -0.507. The molecule has 0 radical (unpaired) electrons. The van der Waals surface area contributed by atoms with Gasteiger partial charge < -0.3 is 9.47 Å². The van der Waals surface area contributed by atoms with Gasteiger partial charge in [0.25, 0.3) is 0 Å². The number of hydrogen-bond donors (Lipinski definition) is 0. The third-order valence-corrected chi connectivity index (χ3v) is 5.13. The summed E-state index contributed by atoms with van der Waals surface area (Å²) in [4.78, 5) is 12.5. The van der Waals surface area contributed by atoms with Crippen LogP contribution in [0.1, 0.15) is 60.7 Å². The van der Waals surface area contributed by atoms with Crippen molar-refractivity contribution >= 4 is 5.97 Å². The average Bonchev–Trinajstić information content (AvgIpc) is 2.82. The van der Waals surface area contributed by atoms with E-state index in [9.17, 15) is 10.1 Å². The normalized spacial score (nSPS) is 11.4. The lowest BCUT2D eigenvalue weighted by molar-refractivity contribution is 0.0337. The second kappa shape index (κ2) is 11.0. The van der Waals surface area contributed by atoms with E-state index in [0.29, 0.717) is 16.7 Å². The Balaban J connectivity index is 1.62. The first-order chi connectivity index (χ1) is 15.1. The Morgan fingerprint density at radius 3 is 2.23 bits per heavy atom. The molecule has 0 spiro atoms. The molecular formula is C27H27NO3. The predicted octanol–water partition coefficient (Wildman–Crippen LogP) is 6.71. The van der Waals surface area contributed by atoms with Crippen LogP contribution in [0.25, 0.3) is 11.1 Å². The van der Waals surface area contributed by atoms with E-state index in [1.54, 1.807) is 37.3 Å². The lowest BCUT2D eigenvalue weighted by Gasteiger charge is -2.15. The number of ether oxygens (including phenoxy) is 2. The van der Waals surface area contributed by atoms with Crippen LogP contribution < -0.4 is 4.74 Å². The van der Waals surface area contributed by atoms with Gasteiger partial charge in [-0.15, -0.1) is 0 Å². The van der Waals surface area contributed by atoms with Crippen LogP contribution >= 0.6 is 0 Å². The number of nitriles is 1. The Labute approximate surface area is 184 Å². The number of hydrogen-bond acceptors (Lipinski definition) is 4. The quantitative estimate of drug-likeness (QED) is 0.289. The molecule has 0 aliphatic heterocycles. The maximum Gasteiger partial charge on any atom is 0.338 e. The zero-order valence-electron chi connectivity index (χ0n) is 18.0. The van der Waals surface area contributed by atoms with Crippen LogP contribution in [-0.2, 0) is 4.74 Å². The number of carbonyl (C=O) groups is 1. The van der Waals surface area contributed by atoms with Gasteiger partial charge >= 0.3 is 5.97 Å². The Hall–Kier alpha value is -3.58. The maximum absolute atomic E-state index is 12.5. The van der Waals surface area contributed by atoms with Crippen molar-refractivity contribution in [3.8, 4) is 22.9 Å². The Bertz CT molecular complexity index is 1030. The van der Waals surface area contributed by atoms with Crippen LogP contribution in [0.2, 0.25) is 0 Å². The van der Waals surface area contributed by atoms with Crippen molar-refractivity contribution in [3.05, 3.63) is 89.5 Å². The van der Waals surface area contributed by atoms with Crippen molar-refractivity contribution in [1.29, 1.82) is 5.26 Å². The predicted molar refractivity (Wildman–Crippen MR) is 122 cm³/mol. The van der Waals surface area contributed by atoms with Gasteiger partial charge in [-0.1, -0.05) is 62.2 Å². The standard InChI is InChI=1S/C27H27NO3/c1-3-4-7-18-30-25-16-14-22(15-17-25)21-10-12-23(13-11-21)27(29)31-20(2)26-9-6-5-8-24(26)19-28/h5-6,8-17,20H,3-4,7,18H2,1-2H3/t20-/m1/s1. The van der Waals surface area contributed by atoms with E-state index < -0.39 is 12.1 Å². The van der Waals surface area contributed by atoms with Crippen molar-refractivity contribution in [1.82, 2.24) is 0 Å². The second-order valence-corrected chi connectivity index (χ2v) is 7.40. The van der Waals surface area contributed by atoms with Crippen LogP contribution in [0, 0.1) is 11.3 Å². The zero-order chi connectivity index (χ0) is 22.1. The SMILES string of the molecule is CCCCCOc1ccc(-c2ccc(C(=O)O[C@H](C)c3ccccc3C#N)cc2)cc1. The van der Waals surface area contributed by atoms with E-state index in [1.165, 1.54) is 12.8 Å². The fourth-order valence-corrected chi connectivity index (χ4v) is 3.33. The number of unbranched alkanes of at least 4 members (excludes halogenated alkanes) is 2. The number of rotatable bonds is 9. The summed E-state index contributed by atoms with van der Waals surface area (Å²) >= 11 is 0. The van der Waals surface area contributed by atoms with Crippen molar-refractivity contribution in [2.45, 2.75) is 39.2 Å². The molecule has 0 unspecified atom stereocenters. The van der Waals surface area contributed by atoms with Gasteiger partial charge in [0.2, 0.25) is 0 Å². The minimum Gasteiger partial charge on any atom is -0.494 e. The summed E-state index contributed by atoms with van der Waals surface area (Å²) < 4.78 is 11.3. The van der Waals surface area contributed by atoms with E-state index in [4.69, 9.17) is 9.47 Å². The van der Waals surface area contributed by atoms with Crippen molar-refractivity contribution in [2.75, 3.05) is 6.61 Å². The van der Waals surface area contributed by atoms with Crippen molar-refractivity contribution in [2.24, 2.45) is 0 Å². The second-order valence-electron chi connectivity index (χ2n) is 7.40. The number of benzene rings is 3. The summed E-state index contributed by atoms with van der Waals surface area (Å²) in [6, 6.07) is 24.6. The lowest BCUT2D eigenvalue weighted by Crippen LogP contribution is -2.10. The molecule has 0 saturated carbocycles. The summed E-state index contributed by atoms with van der Waals surface area (Å²) in [5.41, 5.74) is 3.75. The summed E-state index contributed by atoms with van der Waals surface area (Å²) in [6.45, 7) is 4.68. The van der Waals surface area contributed by atoms with Gasteiger partial charge in [-0.2, -0.15) is 5.26 Å². The summed E-state index contributed by atoms with van der Waals surface area (Å²) in [5.74, 6) is 0.453. The van der Waals surface area contributed by atoms with Gasteiger partial charge in [-0.25, -0.2) is 4.79 Å². The smallest absolute Gasteiger partial charge is 0.338 e. The monoisotopic (exact) mass is 413 g/mol. The van der Waals surface area contributed by atoms with Crippen molar-refractivity contribution in [3.63, 3.8) is 0 Å². The van der Waals surface area contributed by atoms with Gasteiger partial charge in [0.15, 0.2) is 0 Å². The topological polar surface area (TPSA) is 59.3 Å². The third kappa shape index (κ3) is 5.96. The average molecular weight is 414 g/mol. The first-order valence-corrected chi connectivity index (χ1v) is 10.7. The fraction of sp³-hybridized carbons (Fsp3) is 0.259. The molecule has 0 aliphatic rings. The van der Waals surface area contributed by atoms with Gasteiger partial charge in [-0.05, 0) is 54.8 Å². The molecule has 0 heterocycles. The molecule has 158 valence electrons. The van der Waals surface area contributed by atoms with Gasteiger partial charge in [0, 0.05) is 5.56 Å². The first-order valence-electron chi connectivity index (χ1n) is 10.7. The molecule has 0 aromatic heterocycles. The van der Waals surface area contributed by atoms with E-state index >= 15 is 0 Å². The molecule has 3 aromatic carbocycles. The third-order valence-electron chi connectivity index (χ3n) is 5.13. The largest absolute Gasteiger partial charge is 0.494 e. The molecular weight excluding hydrogens is 386 g/mol. The number of nitrogens with zero attached hydrogens (tertiary/aromatic N) is 1. The Morgan fingerprint density at radius 1 is 0.935 bits per heavy atom. The molecule has 31 heavy (non-hydrogen) atoms. The van der Waals surface area contributed by atoms with E-state index in [0.717, 1.165) is 29.9 Å². The Morgan fingerprint density at radius 2 is 1.58 bits per heavy atom.